The highest BCUT2D eigenvalue weighted by Crippen LogP contribution is 2.64. The number of hydrogen-bond donors (Lipinski definition) is 2. The molecule has 2 amide bonds. The average Bonchev–Trinajstić information content (AvgIpc) is 3.04. The van der Waals surface area contributed by atoms with Gasteiger partial charge in [-0.1, -0.05) is 0 Å². The summed E-state index contributed by atoms with van der Waals surface area (Å²) in [5, 5.41) is 9.26. The Morgan fingerprint density at radius 3 is 2.60 bits per heavy atom. The SMILES string of the molecule is CC(N1CCOCC1)C12CC1CN(C(=O)O)C2C(N)=O. The molecule has 0 spiro atoms. The lowest BCUT2D eigenvalue weighted by Gasteiger charge is -2.40. The summed E-state index contributed by atoms with van der Waals surface area (Å²) in [7, 11) is 0. The molecule has 2 saturated heterocycles. The molecule has 3 N–H and O–H groups in total. The molecule has 0 bridgehead atoms. The van der Waals surface area contributed by atoms with Crippen LogP contribution in [0, 0.1) is 11.3 Å². The van der Waals surface area contributed by atoms with Gasteiger partial charge >= 0.3 is 6.09 Å². The van der Waals surface area contributed by atoms with Crippen LogP contribution in [0.4, 0.5) is 4.79 Å². The Bertz CT molecular complexity index is 437. The molecule has 2 heterocycles. The molecule has 112 valence electrons. The van der Waals surface area contributed by atoms with Crippen molar-refractivity contribution in [3.05, 3.63) is 0 Å². The van der Waals surface area contributed by atoms with E-state index in [-0.39, 0.29) is 17.4 Å². The lowest BCUT2D eigenvalue weighted by atomic mass is 9.86. The second-order valence-corrected chi connectivity index (χ2v) is 6.08. The molecule has 4 atom stereocenters. The van der Waals surface area contributed by atoms with Gasteiger partial charge in [-0.2, -0.15) is 0 Å². The summed E-state index contributed by atoms with van der Waals surface area (Å²) in [4.78, 5) is 26.7. The number of nitrogens with two attached hydrogens (primary N) is 1. The van der Waals surface area contributed by atoms with Crippen molar-refractivity contribution in [1.82, 2.24) is 9.80 Å². The lowest BCUT2D eigenvalue weighted by molar-refractivity contribution is -0.125. The Labute approximate surface area is 117 Å². The van der Waals surface area contributed by atoms with Gasteiger partial charge in [0.2, 0.25) is 5.91 Å². The lowest BCUT2D eigenvalue weighted by Crippen LogP contribution is -2.56. The zero-order chi connectivity index (χ0) is 14.5. The molecular weight excluding hydrogens is 262 g/mol. The maximum atomic E-state index is 11.8. The normalized spacial score (nSPS) is 38.4. The summed E-state index contributed by atoms with van der Waals surface area (Å²) >= 11 is 0. The fourth-order valence-corrected chi connectivity index (χ4v) is 4.22. The third kappa shape index (κ3) is 1.80. The van der Waals surface area contributed by atoms with Crippen LogP contribution in [0.15, 0.2) is 0 Å². The van der Waals surface area contributed by atoms with Gasteiger partial charge in [0.25, 0.3) is 0 Å². The number of ether oxygens (including phenoxy) is 1. The van der Waals surface area contributed by atoms with Gasteiger partial charge in [-0.05, 0) is 19.3 Å². The van der Waals surface area contributed by atoms with Crippen LogP contribution in [0.3, 0.4) is 0 Å². The van der Waals surface area contributed by atoms with Crippen molar-refractivity contribution in [2.45, 2.75) is 25.4 Å². The first-order valence-electron chi connectivity index (χ1n) is 7.09. The minimum Gasteiger partial charge on any atom is -0.465 e. The Balaban J connectivity index is 1.84. The first-order valence-corrected chi connectivity index (χ1v) is 7.09. The van der Waals surface area contributed by atoms with Gasteiger partial charge in [0, 0.05) is 31.1 Å². The highest BCUT2D eigenvalue weighted by atomic mass is 16.5. The van der Waals surface area contributed by atoms with Crippen molar-refractivity contribution < 1.29 is 19.4 Å². The minimum absolute atomic E-state index is 0.151. The van der Waals surface area contributed by atoms with Gasteiger partial charge in [0.15, 0.2) is 0 Å². The second-order valence-electron chi connectivity index (χ2n) is 6.08. The molecular formula is C13H21N3O4. The Morgan fingerprint density at radius 1 is 1.40 bits per heavy atom. The molecule has 0 aromatic rings. The van der Waals surface area contributed by atoms with E-state index in [1.165, 1.54) is 4.90 Å². The summed E-state index contributed by atoms with van der Waals surface area (Å²) in [6.07, 6.45) is -0.155. The van der Waals surface area contributed by atoms with Crippen molar-refractivity contribution in [2.75, 3.05) is 32.8 Å². The van der Waals surface area contributed by atoms with Crippen molar-refractivity contribution >= 4 is 12.0 Å². The Hall–Kier alpha value is -1.34. The van der Waals surface area contributed by atoms with E-state index in [0.717, 1.165) is 19.5 Å². The van der Waals surface area contributed by atoms with Crippen molar-refractivity contribution in [3.63, 3.8) is 0 Å². The van der Waals surface area contributed by atoms with Gasteiger partial charge in [-0.3, -0.25) is 14.6 Å². The van der Waals surface area contributed by atoms with E-state index < -0.39 is 18.0 Å². The highest BCUT2D eigenvalue weighted by Gasteiger charge is 2.71. The molecule has 1 aliphatic carbocycles. The monoisotopic (exact) mass is 283 g/mol. The quantitative estimate of drug-likeness (QED) is 0.732. The van der Waals surface area contributed by atoms with Crippen LogP contribution in [0.5, 0.6) is 0 Å². The zero-order valence-corrected chi connectivity index (χ0v) is 11.6. The molecule has 0 radical (unpaired) electrons. The van der Waals surface area contributed by atoms with E-state index >= 15 is 0 Å². The van der Waals surface area contributed by atoms with Crippen LogP contribution < -0.4 is 5.73 Å². The number of carbonyl (C=O) groups excluding carboxylic acids is 1. The molecule has 0 aromatic carbocycles. The molecule has 4 unspecified atom stereocenters. The van der Waals surface area contributed by atoms with E-state index in [4.69, 9.17) is 10.5 Å². The number of nitrogens with zero attached hydrogens (tertiary/aromatic N) is 2. The van der Waals surface area contributed by atoms with E-state index in [2.05, 4.69) is 11.8 Å². The molecule has 0 aromatic heterocycles. The summed E-state index contributed by atoms with van der Waals surface area (Å²) in [5.74, 6) is -0.263. The minimum atomic E-state index is -1.05. The van der Waals surface area contributed by atoms with E-state index in [9.17, 15) is 14.7 Å². The summed E-state index contributed by atoms with van der Waals surface area (Å²) in [6.45, 7) is 5.55. The average molecular weight is 283 g/mol. The van der Waals surface area contributed by atoms with Crippen LogP contribution in [-0.4, -0.2) is 71.8 Å². The van der Waals surface area contributed by atoms with Gasteiger partial charge in [-0.25, -0.2) is 4.79 Å². The Kier molecular flexibility index (Phi) is 3.13. The molecule has 20 heavy (non-hydrogen) atoms. The number of hydrogen-bond acceptors (Lipinski definition) is 4. The van der Waals surface area contributed by atoms with Crippen molar-refractivity contribution in [1.29, 1.82) is 0 Å². The largest absolute Gasteiger partial charge is 0.465 e. The fourth-order valence-electron chi connectivity index (χ4n) is 4.22. The van der Waals surface area contributed by atoms with E-state index in [1.54, 1.807) is 0 Å². The van der Waals surface area contributed by atoms with Crippen LogP contribution in [-0.2, 0) is 9.53 Å². The molecule has 3 aliphatic rings. The first kappa shape index (κ1) is 13.6. The van der Waals surface area contributed by atoms with Crippen molar-refractivity contribution in [3.8, 4) is 0 Å². The number of primary amides is 1. The third-order valence-electron chi connectivity index (χ3n) is 5.32. The first-order chi connectivity index (χ1) is 9.48. The summed E-state index contributed by atoms with van der Waals surface area (Å²) in [6, 6.07) is -0.541. The Morgan fingerprint density at radius 2 is 2.05 bits per heavy atom. The molecule has 7 nitrogen and oxygen atoms in total. The van der Waals surface area contributed by atoms with Gasteiger partial charge in [-0.15, -0.1) is 0 Å². The molecule has 2 aliphatic heterocycles. The molecule has 7 heteroatoms. The maximum absolute atomic E-state index is 11.8. The van der Waals surface area contributed by atoms with Gasteiger partial charge in [0.1, 0.15) is 6.04 Å². The van der Waals surface area contributed by atoms with Crippen LogP contribution in [0.2, 0.25) is 0 Å². The number of likely N-dealkylation sites (tertiary alicyclic amines) is 1. The fraction of sp³-hybridized carbons (Fsp3) is 0.846. The standard InChI is InChI=1S/C13H21N3O4/c1-8(15-2-4-20-5-3-15)13-6-9(13)7-16(12(18)19)10(13)11(14)17/h8-10H,2-7H2,1H3,(H2,14,17)(H,18,19). The number of morpholine rings is 1. The number of carbonyl (C=O) groups is 2. The van der Waals surface area contributed by atoms with Gasteiger partial charge < -0.3 is 15.6 Å². The maximum Gasteiger partial charge on any atom is 0.408 e. The summed E-state index contributed by atoms with van der Waals surface area (Å²) < 4.78 is 5.35. The van der Waals surface area contributed by atoms with E-state index in [0.29, 0.717) is 19.8 Å². The van der Waals surface area contributed by atoms with E-state index in [1.807, 2.05) is 0 Å². The number of carboxylic acid groups (broad SMARTS) is 1. The molecule has 3 fully saturated rings. The topological polar surface area (TPSA) is 96.1 Å². The number of piperidine rings is 1. The number of fused-ring (bicyclic) bond motifs is 1. The zero-order valence-electron chi connectivity index (χ0n) is 11.6. The number of amides is 2. The molecule has 1 saturated carbocycles. The third-order valence-corrected chi connectivity index (χ3v) is 5.32. The van der Waals surface area contributed by atoms with Crippen molar-refractivity contribution in [2.24, 2.45) is 17.1 Å². The van der Waals surface area contributed by atoms with Crippen LogP contribution in [0.1, 0.15) is 13.3 Å². The second kappa shape index (κ2) is 4.60. The predicted molar refractivity (Wildman–Crippen MR) is 70.1 cm³/mol. The smallest absolute Gasteiger partial charge is 0.408 e. The van der Waals surface area contributed by atoms with Gasteiger partial charge in [0.05, 0.1) is 13.2 Å². The van der Waals surface area contributed by atoms with Crippen LogP contribution in [0.25, 0.3) is 0 Å². The number of rotatable bonds is 3. The summed E-state index contributed by atoms with van der Waals surface area (Å²) in [5.41, 5.74) is 5.22. The predicted octanol–water partition coefficient (Wildman–Crippen LogP) is -0.439. The molecule has 3 rings (SSSR count). The van der Waals surface area contributed by atoms with Crippen LogP contribution >= 0.6 is 0 Å². The highest BCUT2D eigenvalue weighted by molar-refractivity contribution is 5.86.